The molecule has 1 aliphatic heterocycles. The molecular weight excluding hydrogens is 595 g/mol. The number of para-hydroxylation sites is 1. The summed E-state index contributed by atoms with van der Waals surface area (Å²) in [6.45, 7) is 8.42. The molecular formula is C37H25N5OS2. The van der Waals surface area contributed by atoms with Gasteiger partial charge in [0.05, 0.1) is 17.9 Å². The fraction of sp³-hybridized carbons (Fsp3) is 0.0270. The molecule has 0 fully saturated rings. The summed E-state index contributed by atoms with van der Waals surface area (Å²) in [4.78, 5) is 16.7. The highest BCUT2D eigenvalue weighted by molar-refractivity contribution is 8.04. The van der Waals surface area contributed by atoms with Gasteiger partial charge in [-0.2, -0.15) is 5.10 Å². The highest BCUT2D eigenvalue weighted by Crippen LogP contribution is 2.42. The van der Waals surface area contributed by atoms with E-state index in [0.29, 0.717) is 12.4 Å². The van der Waals surface area contributed by atoms with Crippen LogP contribution in [0.15, 0.2) is 144 Å². The zero-order valence-electron chi connectivity index (χ0n) is 24.0. The molecule has 8 heteroatoms. The molecule has 6 nitrogen and oxygen atoms in total. The third-order valence-corrected chi connectivity index (χ3v) is 10.0. The van der Waals surface area contributed by atoms with Crippen molar-refractivity contribution in [3.8, 4) is 0 Å². The van der Waals surface area contributed by atoms with Gasteiger partial charge < -0.3 is 4.42 Å². The van der Waals surface area contributed by atoms with Crippen LogP contribution in [-0.2, 0) is 6.54 Å². The van der Waals surface area contributed by atoms with E-state index >= 15 is 0 Å². The van der Waals surface area contributed by atoms with Crippen molar-refractivity contribution < 1.29 is 4.42 Å². The first-order valence-electron chi connectivity index (χ1n) is 14.4. The minimum Gasteiger partial charge on any atom is -0.456 e. The molecule has 8 rings (SSSR count). The molecule has 5 aromatic carbocycles. The molecule has 216 valence electrons. The van der Waals surface area contributed by atoms with Crippen LogP contribution in [0.3, 0.4) is 0 Å². The number of benzene rings is 5. The Morgan fingerprint density at radius 1 is 0.822 bits per heavy atom. The van der Waals surface area contributed by atoms with Crippen LogP contribution in [0.2, 0.25) is 0 Å². The lowest BCUT2D eigenvalue weighted by molar-refractivity contribution is 0.668. The average Bonchev–Trinajstić information content (AvgIpc) is 3.63. The molecule has 3 heterocycles. The highest BCUT2D eigenvalue weighted by Gasteiger charge is 2.21. The molecule has 0 atom stereocenters. The Balaban J connectivity index is 1.31. The lowest BCUT2D eigenvalue weighted by atomic mass is 10.0. The molecule has 2 aromatic heterocycles. The van der Waals surface area contributed by atoms with Gasteiger partial charge in [-0.1, -0.05) is 85.1 Å². The van der Waals surface area contributed by atoms with E-state index in [1.54, 1.807) is 23.1 Å². The van der Waals surface area contributed by atoms with Crippen molar-refractivity contribution in [1.29, 1.82) is 0 Å². The quantitative estimate of drug-likeness (QED) is 0.114. The lowest BCUT2D eigenvalue weighted by Gasteiger charge is -2.16. The largest absolute Gasteiger partial charge is 0.456 e. The van der Waals surface area contributed by atoms with Gasteiger partial charge in [-0.25, -0.2) is 9.98 Å². The third-order valence-electron chi connectivity index (χ3n) is 7.81. The number of hydrogen-bond acceptors (Lipinski definition) is 7. The van der Waals surface area contributed by atoms with E-state index in [1.165, 1.54) is 26.5 Å². The second-order valence-corrected chi connectivity index (χ2v) is 12.7. The summed E-state index contributed by atoms with van der Waals surface area (Å²) in [6.07, 6.45) is 1.54. The number of furan rings is 1. The summed E-state index contributed by atoms with van der Waals surface area (Å²) in [5, 5.41) is 8.13. The summed E-state index contributed by atoms with van der Waals surface area (Å²) in [6, 6.07) is 35.3. The maximum atomic E-state index is 6.38. The van der Waals surface area contributed by atoms with Crippen LogP contribution >= 0.6 is 23.1 Å². The average molecular weight is 620 g/mol. The van der Waals surface area contributed by atoms with E-state index < -0.39 is 0 Å². The van der Waals surface area contributed by atoms with Crippen molar-refractivity contribution in [2.75, 3.05) is 0 Å². The first kappa shape index (κ1) is 27.3. The Labute approximate surface area is 267 Å². The number of aliphatic imine (C=N–C) groups is 3. The maximum Gasteiger partial charge on any atom is 0.160 e. The maximum absolute atomic E-state index is 6.38. The van der Waals surface area contributed by atoms with Crippen LogP contribution in [0.25, 0.3) is 42.1 Å². The van der Waals surface area contributed by atoms with E-state index in [0.717, 1.165) is 59.8 Å². The van der Waals surface area contributed by atoms with E-state index in [4.69, 9.17) is 14.4 Å². The highest BCUT2D eigenvalue weighted by atomic mass is 32.2. The van der Waals surface area contributed by atoms with Crippen molar-refractivity contribution in [2.24, 2.45) is 20.1 Å². The number of thiophene rings is 1. The van der Waals surface area contributed by atoms with Gasteiger partial charge >= 0.3 is 0 Å². The molecule has 0 saturated heterocycles. The Morgan fingerprint density at radius 3 is 2.60 bits per heavy atom. The minimum absolute atomic E-state index is 0.483. The summed E-state index contributed by atoms with van der Waals surface area (Å²) in [5.41, 5.74) is 8.87. The number of fused-ring (bicyclic) bond motifs is 7. The van der Waals surface area contributed by atoms with Crippen LogP contribution in [0.4, 0.5) is 5.69 Å². The van der Waals surface area contributed by atoms with E-state index in [9.17, 15) is 0 Å². The number of nitrogens with zero attached hydrogens (tertiary/aromatic N) is 4. The van der Waals surface area contributed by atoms with Crippen molar-refractivity contribution in [1.82, 2.24) is 5.43 Å². The molecule has 45 heavy (non-hydrogen) atoms. The number of hydrazone groups is 1. The number of rotatable bonds is 6. The van der Waals surface area contributed by atoms with E-state index in [2.05, 4.69) is 95.5 Å². The predicted molar refractivity (Wildman–Crippen MR) is 192 cm³/mol. The zero-order valence-corrected chi connectivity index (χ0v) is 25.7. The standard InChI is InChI=1S/C37H25N5OS2/c1-22-35(28-12-8-11-26-25-10-3-5-15-32(25)45-36(26)28)42-37(41-29-13-4-6-16-33(29)44-22)23-17-18-27-31(19-23)43-30-14-7-9-24(34(27)30)20-39-21-40-38-2/h3-19,21H,1-2,20H2,(H,39,40). The topological polar surface area (TPSA) is 74.6 Å². The third kappa shape index (κ3) is 4.84. The molecule has 0 aliphatic carbocycles. The van der Waals surface area contributed by atoms with Crippen LogP contribution < -0.4 is 5.43 Å². The van der Waals surface area contributed by atoms with Gasteiger partial charge in [-0.3, -0.25) is 10.4 Å². The van der Waals surface area contributed by atoms with Gasteiger partial charge in [0, 0.05) is 58.6 Å². The lowest BCUT2D eigenvalue weighted by Crippen LogP contribution is -2.09. The SMILES string of the molecule is C=NNC=NCc1cccc2oc3cc(C4=Nc5ccccc5SC(=C)C(c5cccc6c5sc5ccccc56)=N4)ccc3c12. The van der Waals surface area contributed by atoms with Gasteiger partial charge in [0.1, 0.15) is 17.5 Å². The second kappa shape index (κ2) is 11.3. The number of hydrogen-bond donors (Lipinski definition) is 1. The Morgan fingerprint density at radius 2 is 1.67 bits per heavy atom. The molecule has 0 bridgehead atoms. The smallest absolute Gasteiger partial charge is 0.160 e. The number of nitrogens with one attached hydrogen (secondary N) is 1. The first-order chi connectivity index (χ1) is 22.2. The summed E-state index contributed by atoms with van der Waals surface area (Å²) >= 11 is 3.39. The molecule has 0 saturated carbocycles. The monoisotopic (exact) mass is 619 g/mol. The van der Waals surface area contributed by atoms with Gasteiger partial charge in [0.15, 0.2) is 5.84 Å². The number of allylic oxidation sites excluding steroid dienone is 1. The zero-order chi connectivity index (χ0) is 30.3. The predicted octanol–water partition coefficient (Wildman–Crippen LogP) is 9.87. The molecule has 7 aromatic rings. The fourth-order valence-electron chi connectivity index (χ4n) is 5.79. The Hall–Kier alpha value is -5.31. The number of thioether (sulfide) groups is 1. The van der Waals surface area contributed by atoms with Crippen molar-refractivity contribution >= 4 is 95.5 Å². The van der Waals surface area contributed by atoms with Crippen LogP contribution in [-0.4, -0.2) is 24.6 Å². The molecule has 0 unspecified atom stereocenters. The van der Waals surface area contributed by atoms with Crippen molar-refractivity contribution in [3.63, 3.8) is 0 Å². The molecule has 1 N–H and O–H groups in total. The normalized spacial score (nSPS) is 13.6. The first-order valence-corrected chi connectivity index (χ1v) is 16.0. The number of amidine groups is 1. The molecule has 0 spiro atoms. The Bertz CT molecular complexity index is 2410. The fourth-order valence-corrected chi connectivity index (χ4v) is 7.89. The minimum atomic E-state index is 0.483. The van der Waals surface area contributed by atoms with Gasteiger partial charge in [-0.15, -0.1) is 11.3 Å². The molecule has 0 amide bonds. The van der Waals surface area contributed by atoms with Crippen LogP contribution in [0, 0.1) is 0 Å². The summed E-state index contributed by atoms with van der Waals surface area (Å²) < 4.78 is 8.82. The van der Waals surface area contributed by atoms with Crippen molar-refractivity contribution in [3.05, 3.63) is 131 Å². The second-order valence-electron chi connectivity index (χ2n) is 10.5. The summed E-state index contributed by atoms with van der Waals surface area (Å²) in [5.74, 6) is 0.604. The van der Waals surface area contributed by atoms with Crippen LogP contribution in [0.5, 0.6) is 0 Å². The van der Waals surface area contributed by atoms with Gasteiger partial charge in [0.2, 0.25) is 0 Å². The van der Waals surface area contributed by atoms with Crippen LogP contribution in [0.1, 0.15) is 16.7 Å². The van der Waals surface area contributed by atoms with Gasteiger partial charge in [0.25, 0.3) is 0 Å². The van der Waals surface area contributed by atoms with E-state index in [-0.39, 0.29) is 0 Å². The summed E-state index contributed by atoms with van der Waals surface area (Å²) in [7, 11) is 0. The Kier molecular flexibility index (Phi) is 6.85. The van der Waals surface area contributed by atoms with Gasteiger partial charge in [-0.05, 0) is 42.0 Å². The van der Waals surface area contributed by atoms with Crippen molar-refractivity contribution in [2.45, 2.75) is 11.4 Å². The molecule has 0 radical (unpaired) electrons. The van der Waals surface area contributed by atoms with E-state index in [1.807, 2.05) is 36.4 Å². The molecule has 1 aliphatic rings.